The van der Waals surface area contributed by atoms with E-state index in [0.29, 0.717) is 19.6 Å². The molecule has 1 aliphatic heterocycles. The first-order valence-electron chi connectivity index (χ1n) is 10.2. The number of benzene rings is 2. The van der Waals surface area contributed by atoms with Gasteiger partial charge in [-0.05, 0) is 47.4 Å². The molecule has 1 amide bonds. The number of hydrogen-bond acceptors (Lipinski definition) is 6. The zero-order valence-corrected chi connectivity index (χ0v) is 18.2. The molecule has 0 saturated carbocycles. The fourth-order valence-corrected chi connectivity index (χ4v) is 4.39. The van der Waals surface area contributed by atoms with Crippen LogP contribution in [0.4, 0.5) is 0 Å². The maximum atomic E-state index is 13.0. The van der Waals surface area contributed by atoms with Crippen LogP contribution in [0, 0.1) is 6.92 Å². The van der Waals surface area contributed by atoms with E-state index in [2.05, 4.69) is 46.4 Å². The monoisotopic (exact) mass is 422 g/mol. The second-order valence-corrected chi connectivity index (χ2v) is 8.65. The van der Waals surface area contributed by atoms with Crippen molar-refractivity contribution in [2.24, 2.45) is 0 Å². The Morgan fingerprint density at radius 3 is 2.50 bits per heavy atom. The number of thioether (sulfide) groups is 1. The summed E-state index contributed by atoms with van der Waals surface area (Å²) in [7, 11) is 0. The Morgan fingerprint density at radius 2 is 1.77 bits per heavy atom. The molecular weight excluding hydrogens is 396 g/mol. The van der Waals surface area contributed by atoms with Gasteiger partial charge < -0.3 is 4.90 Å². The van der Waals surface area contributed by atoms with Crippen LogP contribution in [0.15, 0.2) is 53.4 Å². The fourth-order valence-electron chi connectivity index (χ4n) is 3.59. The molecule has 2 aromatic carbocycles. The molecule has 1 fully saturated rings. The van der Waals surface area contributed by atoms with E-state index in [1.807, 2.05) is 41.3 Å². The quantitative estimate of drug-likeness (QED) is 0.569. The van der Waals surface area contributed by atoms with Crippen molar-refractivity contribution in [2.45, 2.75) is 25.3 Å². The zero-order chi connectivity index (χ0) is 20.9. The number of tetrazole rings is 1. The highest BCUT2D eigenvalue weighted by Crippen LogP contribution is 2.24. The topological polar surface area (TPSA) is 67.2 Å². The van der Waals surface area contributed by atoms with Gasteiger partial charge in [0.15, 0.2) is 5.82 Å². The minimum Gasteiger partial charge on any atom is -0.336 e. The number of carbonyl (C=O) groups is 1. The lowest BCUT2D eigenvalue weighted by molar-refractivity contribution is 0.0621. The van der Waals surface area contributed by atoms with Crippen molar-refractivity contribution in [1.29, 1.82) is 0 Å². The lowest BCUT2D eigenvalue weighted by atomic mass is 10.2. The Morgan fingerprint density at radius 1 is 1.03 bits per heavy atom. The van der Waals surface area contributed by atoms with Crippen molar-refractivity contribution in [3.8, 4) is 5.69 Å². The predicted octanol–water partition coefficient (Wildman–Crippen LogP) is 3.04. The van der Waals surface area contributed by atoms with Crippen molar-refractivity contribution < 1.29 is 4.79 Å². The second-order valence-electron chi connectivity index (χ2n) is 7.34. The average molecular weight is 423 g/mol. The first kappa shape index (κ1) is 20.6. The average Bonchev–Trinajstić information content (AvgIpc) is 3.23. The van der Waals surface area contributed by atoms with E-state index in [1.165, 1.54) is 5.56 Å². The summed E-state index contributed by atoms with van der Waals surface area (Å²) < 4.78 is 1.79. The van der Waals surface area contributed by atoms with Gasteiger partial charge in [-0.1, -0.05) is 36.8 Å². The Kier molecular flexibility index (Phi) is 6.44. The van der Waals surface area contributed by atoms with Crippen molar-refractivity contribution >= 4 is 17.7 Å². The fraction of sp³-hybridized carbons (Fsp3) is 0.364. The molecule has 0 bridgehead atoms. The number of nitrogens with zero attached hydrogens (tertiary/aromatic N) is 6. The molecule has 30 heavy (non-hydrogen) atoms. The van der Waals surface area contributed by atoms with Crippen LogP contribution >= 0.6 is 11.8 Å². The van der Waals surface area contributed by atoms with Crippen molar-refractivity contribution in [3.63, 3.8) is 0 Å². The van der Waals surface area contributed by atoms with Gasteiger partial charge in [-0.25, -0.2) is 0 Å². The zero-order valence-electron chi connectivity index (χ0n) is 17.4. The van der Waals surface area contributed by atoms with Gasteiger partial charge >= 0.3 is 0 Å². The summed E-state index contributed by atoms with van der Waals surface area (Å²) in [6.45, 7) is 7.84. The largest absolute Gasteiger partial charge is 0.336 e. The molecule has 1 aliphatic rings. The van der Waals surface area contributed by atoms with E-state index >= 15 is 0 Å². The van der Waals surface area contributed by atoms with E-state index in [0.717, 1.165) is 40.8 Å². The summed E-state index contributed by atoms with van der Waals surface area (Å²) in [4.78, 5) is 18.4. The summed E-state index contributed by atoms with van der Waals surface area (Å²) in [5, 5.41) is 12.2. The lowest BCUT2D eigenvalue weighted by Gasteiger charge is -2.34. The van der Waals surface area contributed by atoms with Crippen LogP contribution < -0.4 is 0 Å². The molecule has 0 unspecified atom stereocenters. The molecule has 8 heteroatoms. The smallest absolute Gasteiger partial charge is 0.255 e. The van der Waals surface area contributed by atoms with Gasteiger partial charge in [0.25, 0.3) is 5.91 Å². The first-order chi connectivity index (χ1) is 14.7. The third-order valence-electron chi connectivity index (χ3n) is 5.25. The van der Waals surface area contributed by atoms with Crippen LogP contribution in [0.3, 0.4) is 0 Å². The Labute approximate surface area is 181 Å². The molecule has 4 rings (SSSR count). The number of carbonyl (C=O) groups excluding carboxylic acids is 1. The van der Waals surface area contributed by atoms with Gasteiger partial charge in [0.05, 0.1) is 17.8 Å². The maximum Gasteiger partial charge on any atom is 0.255 e. The van der Waals surface area contributed by atoms with Gasteiger partial charge in [0.2, 0.25) is 0 Å². The SMILES string of the molecule is CCSc1ccccc1C(=O)N1CCN(Cc2nnnn2-c2ccc(C)cc2)CC1. The van der Waals surface area contributed by atoms with Crippen LogP contribution in [0.2, 0.25) is 0 Å². The highest BCUT2D eigenvalue weighted by Gasteiger charge is 2.25. The molecule has 0 spiro atoms. The molecule has 0 atom stereocenters. The molecule has 0 radical (unpaired) electrons. The summed E-state index contributed by atoms with van der Waals surface area (Å²) in [6, 6.07) is 16.1. The van der Waals surface area contributed by atoms with E-state index in [1.54, 1.807) is 16.4 Å². The van der Waals surface area contributed by atoms with Crippen molar-refractivity contribution in [2.75, 3.05) is 31.9 Å². The molecule has 1 saturated heterocycles. The Bertz CT molecular complexity index is 995. The van der Waals surface area contributed by atoms with Gasteiger partial charge in [-0.15, -0.1) is 16.9 Å². The minimum absolute atomic E-state index is 0.121. The number of piperazine rings is 1. The third kappa shape index (κ3) is 4.55. The molecule has 0 N–H and O–H groups in total. The van der Waals surface area contributed by atoms with E-state index in [4.69, 9.17) is 0 Å². The summed E-state index contributed by atoms with van der Waals surface area (Å²) in [6.07, 6.45) is 0. The predicted molar refractivity (Wildman–Crippen MR) is 118 cm³/mol. The number of amides is 1. The van der Waals surface area contributed by atoms with Crippen LogP contribution in [0.5, 0.6) is 0 Å². The molecular formula is C22H26N6OS. The van der Waals surface area contributed by atoms with Gasteiger partial charge in [-0.3, -0.25) is 9.69 Å². The molecule has 156 valence electrons. The number of aryl methyl sites for hydroxylation is 1. The third-order valence-corrected chi connectivity index (χ3v) is 6.21. The summed E-state index contributed by atoms with van der Waals surface area (Å²) >= 11 is 1.72. The standard InChI is InChI=1S/C22H26N6OS/c1-3-30-20-7-5-4-6-19(20)22(29)27-14-12-26(13-15-27)16-21-23-24-25-28(21)18-10-8-17(2)9-11-18/h4-11H,3,12-16H2,1-2H3. The highest BCUT2D eigenvalue weighted by molar-refractivity contribution is 7.99. The first-order valence-corrected chi connectivity index (χ1v) is 11.2. The summed E-state index contributed by atoms with van der Waals surface area (Å²) in [5.41, 5.74) is 2.97. The number of aromatic nitrogens is 4. The van der Waals surface area contributed by atoms with Gasteiger partial charge in [0.1, 0.15) is 0 Å². The van der Waals surface area contributed by atoms with E-state index in [9.17, 15) is 4.79 Å². The highest BCUT2D eigenvalue weighted by atomic mass is 32.2. The summed E-state index contributed by atoms with van der Waals surface area (Å²) in [5.74, 6) is 1.88. The van der Waals surface area contributed by atoms with Gasteiger partial charge in [-0.2, -0.15) is 4.68 Å². The van der Waals surface area contributed by atoms with E-state index < -0.39 is 0 Å². The molecule has 7 nitrogen and oxygen atoms in total. The van der Waals surface area contributed by atoms with Crippen LogP contribution in [0.1, 0.15) is 28.7 Å². The second kappa shape index (κ2) is 9.40. The van der Waals surface area contributed by atoms with Crippen LogP contribution in [-0.4, -0.2) is 67.8 Å². The Balaban J connectivity index is 1.39. The molecule has 3 aromatic rings. The molecule has 2 heterocycles. The Hall–Kier alpha value is -2.71. The minimum atomic E-state index is 0.121. The van der Waals surface area contributed by atoms with E-state index in [-0.39, 0.29) is 5.91 Å². The number of rotatable bonds is 6. The molecule has 1 aromatic heterocycles. The van der Waals surface area contributed by atoms with Gasteiger partial charge in [0, 0.05) is 31.1 Å². The number of hydrogen-bond donors (Lipinski definition) is 0. The normalized spacial score (nSPS) is 14.8. The van der Waals surface area contributed by atoms with Crippen molar-refractivity contribution in [1.82, 2.24) is 30.0 Å². The lowest BCUT2D eigenvalue weighted by Crippen LogP contribution is -2.48. The van der Waals surface area contributed by atoms with Crippen molar-refractivity contribution in [3.05, 3.63) is 65.5 Å². The van der Waals surface area contributed by atoms with Crippen LogP contribution in [0.25, 0.3) is 5.69 Å². The van der Waals surface area contributed by atoms with Crippen LogP contribution in [-0.2, 0) is 6.54 Å². The molecule has 0 aliphatic carbocycles. The maximum absolute atomic E-state index is 13.0.